The van der Waals surface area contributed by atoms with E-state index in [1.165, 1.54) is 11.3 Å². The van der Waals surface area contributed by atoms with Gasteiger partial charge in [0.1, 0.15) is 11.8 Å². The molecule has 1 aromatic carbocycles. The summed E-state index contributed by atoms with van der Waals surface area (Å²) in [6.07, 6.45) is 0. The third kappa shape index (κ3) is 2.78. The molecule has 1 amide bonds. The van der Waals surface area contributed by atoms with Crippen molar-refractivity contribution in [2.75, 3.05) is 12.4 Å². The third-order valence-corrected chi connectivity index (χ3v) is 3.04. The number of hydrogen-bond donors (Lipinski definition) is 2. The van der Waals surface area contributed by atoms with Crippen molar-refractivity contribution in [2.24, 2.45) is 5.73 Å². The highest BCUT2D eigenvalue weighted by molar-refractivity contribution is 7.07. The molecule has 0 fully saturated rings. The zero-order chi connectivity index (χ0) is 13.0. The van der Waals surface area contributed by atoms with Gasteiger partial charge < -0.3 is 15.8 Å². The van der Waals surface area contributed by atoms with E-state index in [9.17, 15) is 4.79 Å². The van der Waals surface area contributed by atoms with E-state index in [4.69, 9.17) is 10.5 Å². The zero-order valence-electron chi connectivity index (χ0n) is 9.79. The number of rotatable bonds is 5. The van der Waals surface area contributed by atoms with Crippen molar-refractivity contribution in [3.63, 3.8) is 0 Å². The summed E-state index contributed by atoms with van der Waals surface area (Å²) < 4.78 is 5.06. The number of nitrogens with one attached hydrogen (secondary N) is 1. The van der Waals surface area contributed by atoms with E-state index in [2.05, 4.69) is 10.3 Å². The molecule has 6 heteroatoms. The molecule has 3 N–H and O–H groups in total. The van der Waals surface area contributed by atoms with Gasteiger partial charge in [-0.3, -0.25) is 4.79 Å². The number of methoxy groups -OCH3 is 1. The normalized spacial score (nSPS) is 11.8. The number of nitrogens with two attached hydrogens (primary N) is 1. The Kier molecular flexibility index (Phi) is 3.78. The molecular formula is C12H13N3O2S. The first-order valence-corrected chi connectivity index (χ1v) is 6.23. The number of benzene rings is 1. The first kappa shape index (κ1) is 12.4. The highest BCUT2D eigenvalue weighted by Crippen LogP contribution is 2.21. The van der Waals surface area contributed by atoms with Gasteiger partial charge in [0.15, 0.2) is 0 Å². The molecule has 1 atom stereocenters. The number of amides is 1. The Bertz CT molecular complexity index is 511. The van der Waals surface area contributed by atoms with Crippen LogP contribution in [0.1, 0.15) is 11.7 Å². The molecule has 1 heterocycles. The Morgan fingerprint density at radius 2 is 2.17 bits per heavy atom. The van der Waals surface area contributed by atoms with E-state index < -0.39 is 11.9 Å². The van der Waals surface area contributed by atoms with Gasteiger partial charge >= 0.3 is 0 Å². The number of aromatic nitrogens is 1. The van der Waals surface area contributed by atoms with Gasteiger partial charge in [0, 0.05) is 11.1 Å². The van der Waals surface area contributed by atoms with Crippen LogP contribution in [0.5, 0.6) is 5.75 Å². The third-order valence-electron chi connectivity index (χ3n) is 2.43. The molecule has 0 aliphatic carbocycles. The summed E-state index contributed by atoms with van der Waals surface area (Å²) in [5.41, 5.74) is 8.45. The second-order valence-corrected chi connectivity index (χ2v) is 4.34. The SMILES string of the molecule is COc1ccc(NC(C(N)=O)c2cscn2)cc1. The van der Waals surface area contributed by atoms with Crippen LogP contribution >= 0.6 is 11.3 Å². The molecule has 0 radical (unpaired) electrons. The number of hydrogen-bond acceptors (Lipinski definition) is 5. The maximum atomic E-state index is 11.4. The van der Waals surface area contributed by atoms with E-state index in [-0.39, 0.29) is 0 Å². The van der Waals surface area contributed by atoms with Crippen molar-refractivity contribution < 1.29 is 9.53 Å². The van der Waals surface area contributed by atoms with Crippen LogP contribution in [0.15, 0.2) is 35.2 Å². The fourth-order valence-electron chi connectivity index (χ4n) is 1.51. The van der Waals surface area contributed by atoms with E-state index in [1.54, 1.807) is 30.1 Å². The lowest BCUT2D eigenvalue weighted by molar-refractivity contribution is -0.118. The lowest BCUT2D eigenvalue weighted by Crippen LogP contribution is -2.27. The number of thiazole rings is 1. The second-order valence-electron chi connectivity index (χ2n) is 3.62. The fourth-order valence-corrected chi connectivity index (χ4v) is 2.09. The first-order valence-electron chi connectivity index (χ1n) is 5.28. The summed E-state index contributed by atoms with van der Waals surface area (Å²) in [6.45, 7) is 0. The van der Waals surface area contributed by atoms with Gasteiger partial charge in [-0.05, 0) is 24.3 Å². The lowest BCUT2D eigenvalue weighted by Gasteiger charge is -2.14. The van der Waals surface area contributed by atoms with Gasteiger partial charge in [0.2, 0.25) is 5.91 Å². The molecular weight excluding hydrogens is 250 g/mol. The summed E-state index contributed by atoms with van der Waals surface area (Å²) in [5.74, 6) is 0.293. The van der Waals surface area contributed by atoms with Crippen LogP contribution in [0.2, 0.25) is 0 Å². The Hall–Kier alpha value is -2.08. The average Bonchev–Trinajstić information content (AvgIpc) is 2.90. The largest absolute Gasteiger partial charge is 0.497 e. The Labute approximate surface area is 109 Å². The number of anilines is 1. The molecule has 0 aliphatic rings. The Balaban J connectivity index is 2.16. The summed E-state index contributed by atoms with van der Waals surface area (Å²) in [4.78, 5) is 15.5. The predicted octanol–water partition coefficient (Wildman–Crippen LogP) is 1.79. The van der Waals surface area contributed by atoms with E-state index in [0.29, 0.717) is 5.69 Å². The summed E-state index contributed by atoms with van der Waals surface area (Å²) in [6, 6.07) is 6.63. The highest BCUT2D eigenvalue weighted by Gasteiger charge is 2.19. The minimum atomic E-state index is -0.621. The number of carbonyl (C=O) groups excluding carboxylic acids is 1. The van der Waals surface area contributed by atoms with Crippen molar-refractivity contribution in [1.29, 1.82) is 0 Å². The summed E-state index contributed by atoms with van der Waals surface area (Å²) in [5, 5.41) is 4.84. The topological polar surface area (TPSA) is 77.2 Å². The molecule has 0 aliphatic heterocycles. The van der Waals surface area contributed by atoms with Gasteiger partial charge in [0.25, 0.3) is 0 Å². The van der Waals surface area contributed by atoms with Crippen LogP contribution in [0.3, 0.4) is 0 Å². The Morgan fingerprint density at radius 3 is 2.67 bits per heavy atom. The fraction of sp³-hybridized carbons (Fsp3) is 0.167. The molecule has 0 bridgehead atoms. The molecule has 0 saturated heterocycles. The van der Waals surface area contributed by atoms with Crippen molar-refractivity contribution in [2.45, 2.75) is 6.04 Å². The smallest absolute Gasteiger partial charge is 0.246 e. The predicted molar refractivity (Wildman–Crippen MR) is 70.7 cm³/mol. The Morgan fingerprint density at radius 1 is 1.44 bits per heavy atom. The summed E-state index contributed by atoms with van der Waals surface area (Å²) >= 11 is 1.42. The van der Waals surface area contributed by atoms with E-state index in [1.807, 2.05) is 12.1 Å². The standard InChI is InChI=1S/C12H13N3O2S/c1-17-9-4-2-8(3-5-9)15-11(12(13)16)10-6-18-7-14-10/h2-7,11,15H,1H3,(H2,13,16). The minimum absolute atomic E-state index is 0.461. The number of nitrogens with zero attached hydrogens (tertiary/aromatic N) is 1. The molecule has 2 rings (SSSR count). The van der Waals surface area contributed by atoms with Crippen molar-refractivity contribution in [3.05, 3.63) is 40.8 Å². The van der Waals surface area contributed by atoms with Crippen LogP contribution in [0.25, 0.3) is 0 Å². The van der Waals surface area contributed by atoms with Gasteiger partial charge in [-0.15, -0.1) is 11.3 Å². The molecule has 5 nitrogen and oxygen atoms in total. The van der Waals surface area contributed by atoms with Crippen LogP contribution < -0.4 is 15.8 Å². The van der Waals surface area contributed by atoms with Crippen LogP contribution in [0, 0.1) is 0 Å². The molecule has 1 unspecified atom stereocenters. The second kappa shape index (κ2) is 5.50. The molecule has 1 aromatic heterocycles. The minimum Gasteiger partial charge on any atom is -0.497 e. The van der Waals surface area contributed by atoms with Crippen molar-refractivity contribution in [1.82, 2.24) is 4.98 Å². The van der Waals surface area contributed by atoms with E-state index >= 15 is 0 Å². The number of ether oxygens (including phenoxy) is 1. The molecule has 0 saturated carbocycles. The van der Waals surface area contributed by atoms with Gasteiger partial charge in [-0.1, -0.05) is 0 Å². The van der Waals surface area contributed by atoms with Crippen LogP contribution in [-0.2, 0) is 4.79 Å². The monoisotopic (exact) mass is 263 g/mol. The molecule has 2 aromatic rings. The zero-order valence-corrected chi connectivity index (χ0v) is 10.6. The van der Waals surface area contributed by atoms with Crippen LogP contribution in [0.4, 0.5) is 5.69 Å². The van der Waals surface area contributed by atoms with E-state index in [0.717, 1.165) is 11.4 Å². The average molecular weight is 263 g/mol. The summed E-state index contributed by atoms with van der Waals surface area (Å²) in [7, 11) is 1.60. The molecule has 94 valence electrons. The van der Waals surface area contributed by atoms with Crippen molar-refractivity contribution in [3.8, 4) is 5.75 Å². The lowest BCUT2D eigenvalue weighted by atomic mass is 10.2. The molecule has 0 spiro atoms. The maximum Gasteiger partial charge on any atom is 0.246 e. The number of carbonyl (C=O) groups is 1. The van der Waals surface area contributed by atoms with Gasteiger partial charge in [0.05, 0.1) is 18.3 Å². The highest BCUT2D eigenvalue weighted by atomic mass is 32.1. The molecule has 18 heavy (non-hydrogen) atoms. The number of primary amides is 1. The maximum absolute atomic E-state index is 11.4. The van der Waals surface area contributed by atoms with Gasteiger partial charge in [-0.2, -0.15) is 0 Å². The van der Waals surface area contributed by atoms with Crippen LogP contribution in [-0.4, -0.2) is 18.0 Å². The quantitative estimate of drug-likeness (QED) is 0.862. The van der Waals surface area contributed by atoms with Gasteiger partial charge in [-0.25, -0.2) is 4.98 Å². The first-order chi connectivity index (χ1) is 8.70. The van der Waals surface area contributed by atoms with Crippen molar-refractivity contribution >= 4 is 22.9 Å².